The number of halogens is 5. The molecule has 1 N–H and O–H groups in total. The van der Waals surface area contributed by atoms with Crippen LogP contribution in [-0.4, -0.2) is 37.9 Å². The predicted molar refractivity (Wildman–Crippen MR) is 38.2 cm³/mol. The number of ether oxygens (including phenoxy) is 1. The number of hydrogen-bond acceptors (Lipinski definition) is 2. The minimum absolute atomic E-state index is 0.105. The van der Waals surface area contributed by atoms with Crippen molar-refractivity contribution in [3.63, 3.8) is 0 Å². The predicted octanol–water partition coefficient (Wildman–Crippen LogP) is 1.56. The largest absolute Gasteiger partial charge is 0.453 e. The molecule has 1 aliphatic heterocycles. The van der Waals surface area contributed by atoms with Gasteiger partial charge in [0.1, 0.15) is 0 Å². The van der Waals surface area contributed by atoms with E-state index in [1.165, 1.54) is 0 Å². The summed E-state index contributed by atoms with van der Waals surface area (Å²) in [5, 5.41) is 2.54. The van der Waals surface area contributed by atoms with Crippen molar-refractivity contribution in [1.82, 2.24) is 5.32 Å². The molecule has 14 heavy (non-hydrogen) atoms. The van der Waals surface area contributed by atoms with Crippen LogP contribution >= 0.6 is 0 Å². The fraction of sp³-hybridized carbons (Fsp3) is 1.00. The first-order valence-electron chi connectivity index (χ1n) is 4.08. The SMILES string of the molecule is FC(F)(F)C(F)(F)CC1COCCN1. The summed E-state index contributed by atoms with van der Waals surface area (Å²) in [6.07, 6.45) is -6.75. The third-order valence-corrected chi connectivity index (χ3v) is 1.92. The van der Waals surface area contributed by atoms with Gasteiger partial charge in [0.2, 0.25) is 0 Å². The molecule has 0 aromatic carbocycles. The molecular formula is C7H10F5NO. The van der Waals surface area contributed by atoms with Crippen LogP contribution in [0.15, 0.2) is 0 Å². The van der Waals surface area contributed by atoms with E-state index in [0.717, 1.165) is 0 Å². The number of nitrogens with one attached hydrogen (secondary N) is 1. The van der Waals surface area contributed by atoms with E-state index in [2.05, 4.69) is 5.32 Å². The van der Waals surface area contributed by atoms with Gasteiger partial charge in [0.05, 0.1) is 13.2 Å². The molecule has 1 unspecified atom stereocenters. The molecule has 1 atom stereocenters. The molecule has 1 aliphatic rings. The molecule has 0 bridgehead atoms. The Morgan fingerprint density at radius 3 is 2.29 bits per heavy atom. The number of rotatable bonds is 2. The highest BCUT2D eigenvalue weighted by Gasteiger charge is 2.58. The van der Waals surface area contributed by atoms with E-state index in [9.17, 15) is 22.0 Å². The molecule has 1 saturated heterocycles. The Balaban J connectivity index is 2.49. The Labute approximate surface area is 77.4 Å². The zero-order valence-corrected chi connectivity index (χ0v) is 7.20. The molecule has 0 aromatic rings. The number of hydrogen-bond donors (Lipinski definition) is 1. The Kier molecular flexibility index (Phi) is 3.31. The molecule has 0 saturated carbocycles. The van der Waals surface area contributed by atoms with E-state index in [0.29, 0.717) is 13.2 Å². The van der Waals surface area contributed by atoms with Crippen LogP contribution in [-0.2, 0) is 4.74 Å². The Morgan fingerprint density at radius 2 is 1.86 bits per heavy atom. The van der Waals surface area contributed by atoms with Gasteiger partial charge in [-0.3, -0.25) is 0 Å². The van der Waals surface area contributed by atoms with E-state index >= 15 is 0 Å². The van der Waals surface area contributed by atoms with E-state index in [1.54, 1.807) is 0 Å². The van der Waals surface area contributed by atoms with Crippen molar-refractivity contribution in [2.45, 2.75) is 24.6 Å². The standard InChI is InChI=1S/C7H10F5NO/c8-6(9,7(10,11)12)3-5-4-14-2-1-13-5/h5,13H,1-4H2. The Bertz CT molecular complexity index is 187. The lowest BCUT2D eigenvalue weighted by atomic mass is 10.1. The molecule has 1 fully saturated rings. The van der Waals surface area contributed by atoms with Crippen LogP contribution in [0.1, 0.15) is 6.42 Å². The van der Waals surface area contributed by atoms with Crippen molar-refractivity contribution in [2.24, 2.45) is 0 Å². The van der Waals surface area contributed by atoms with Crippen LogP contribution in [0.2, 0.25) is 0 Å². The van der Waals surface area contributed by atoms with Crippen LogP contribution in [0.4, 0.5) is 22.0 Å². The highest BCUT2D eigenvalue weighted by atomic mass is 19.4. The van der Waals surface area contributed by atoms with Crippen LogP contribution in [0.25, 0.3) is 0 Å². The molecule has 0 radical (unpaired) electrons. The first-order chi connectivity index (χ1) is 6.33. The van der Waals surface area contributed by atoms with Gasteiger partial charge in [-0.2, -0.15) is 22.0 Å². The second-order valence-corrected chi connectivity index (χ2v) is 3.13. The average molecular weight is 219 g/mol. The van der Waals surface area contributed by atoms with Gasteiger partial charge in [0.15, 0.2) is 0 Å². The maximum absolute atomic E-state index is 12.5. The van der Waals surface area contributed by atoms with Crippen molar-refractivity contribution in [1.29, 1.82) is 0 Å². The number of morpholine rings is 1. The maximum Gasteiger partial charge on any atom is 0.453 e. The van der Waals surface area contributed by atoms with Gasteiger partial charge in [-0.15, -0.1) is 0 Å². The van der Waals surface area contributed by atoms with Crippen molar-refractivity contribution in [2.75, 3.05) is 19.8 Å². The molecule has 2 nitrogen and oxygen atoms in total. The lowest BCUT2D eigenvalue weighted by Gasteiger charge is -2.28. The van der Waals surface area contributed by atoms with E-state index in [4.69, 9.17) is 4.74 Å². The summed E-state index contributed by atoms with van der Waals surface area (Å²) in [4.78, 5) is 0. The highest BCUT2D eigenvalue weighted by molar-refractivity contribution is 4.83. The molecule has 7 heteroatoms. The summed E-state index contributed by atoms with van der Waals surface area (Å²) >= 11 is 0. The third kappa shape index (κ3) is 2.78. The quantitative estimate of drug-likeness (QED) is 0.711. The van der Waals surface area contributed by atoms with Crippen molar-refractivity contribution >= 4 is 0 Å². The van der Waals surface area contributed by atoms with E-state index < -0.39 is 24.6 Å². The summed E-state index contributed by atoms with van der Waals surface area (Å²) < 4.78 is 65.1. The van der Waals surface area contributed by atoms with Crippen molar-refractivity contribution < 1.29 is 26.7 Å². The molecular weight excluding hydrogens is 209 g/mol. The summed E-state index contributed by atoms with van der Waals surface area (Å²) in [7, 11) is 0. The van der Waals surface area contributed by atoms with Crippen LogP contribution in [0, 0.1) is 0 Å². The minimum Gasteiger partial charge on any atom is -0.379 e. The Morgan fingerprint density at radius 1 is 1.21 bits per heavy atom. The smallest absolute Gasteiger partial charge is 0.379 e. The summed E-state index contributed by atoms with van der Waals surface area (Å²) in [5.74, 6) is -4.65. The molecule has 0 aliphatic carbocycles. The monoisotopic (exact) mass is 219 g/mol. The van der Waals surface area contributed by atoms with Gasteiger partial charge < -0.3 is 10.1 Å². The second kappa shape index (κ2) is 3.98. The third-order valence-electron chi connectivity index (χ3n) is 1.92. The average Bonchev–Trinajstić information content (AvgIpc) is 2.03. The van der Waals surface area contributed by atoms with Gasteiger partial charge in [-0.1, -0.05) is 0 Å². The lowest BCUT2D eigenvalue weighted by molar-refractivity contribution is -0.287. The van der Waals surface area contributed by atoms with Gasteiger partial charge in [0.25, 0.3) is 0 Å². The highest BCUT2D eigenvalue weighted by Crippen LogP contribution is 2.38. The van der Waals surface area contributed by atoms with Gasteiger partial charge in [-0.05, 0) is 0 Å². The van der Waals surface area contributed by atoms with Crippen LogP contribution in [0.3, 0.4) is 0 Å². The van der Waals surface area contributed by atoms with E-state index in [-0.39, 0.29) is 6.61 Å². The molecule has 0 amide bonds. The molecule has 1 heterocycles. The van der Waals surface area contributed by atoms with Crippen LogP contribution in [0.5, 0.6) is 0 Å². The summed E-state index contributed by atoms with van der Waals surface area (Å²) in [5.41, 5.74) is 0. The minimum atomic E-state index is -5.48. The number of alkyl halides is 5. The van der Waals surface area contributed by atoms with Crippen molar-refractivity contribution in [3.05, 3.63) is 0 Å². The first-order valence-corrected chi connectivity index (χ1v) is 4.08. The lowest BCUT2D eigenvalue weighted by Crippen LogP contribution is -2.48. The normalized spacial score (nSPS) is 25.1. The fourth-order valence-electron chi connectivity index (χ4n) is 1.18. The zero-order valence-electron chi connectivity index (χ0n) is 7.20. The molecule has 84 valence electrons. The van der Waals surface area contributed by atoms with Gasteiger partial charge >= 0.3 is 12.1 Å². The first kappa shape index (κ1) is 11.6. The molecule has 0 spiro atoms. The Hall–Kier alpha value is -0.430. The van der Waals surface area contributed by atoms with Crippen molar-refractivity contribution in [3.8, 4) is 0 Å². The zero-order chi connectivity index (χ0) is 10.8. The topological polar surface area (TPSA) is 21.3 Å². The van der Waals surface area contributed by atoms with Crippen LogP contribution < -0.4 is 5.32 Å². The van der Waals surface area contributed by atoms with Gasteiger partial charge in [-0.25, -0.2) is 0 Å². The van der Waals surface area contributed by atoms with Gasteiger partial charge in [0, 0.05) is 19.0 Å². The summed E-state index contributed by atoms with van der Waals surface area (Å²) in [6.45, 7) is 0.540. The second-order valence-electron chi connectivity index (χ2n) is 3.13. The molecule has 1 rings (SSSR count). The fourth-order valence-corrected chi connectivity index (χ4v) is 1.18. The maximum atomic E-state index is 12.5. The van der Waals surface area contributed by atoms with E-state index in [1.807, 2.05) is 0 Å². The summed E-state index contributed by atoms with van der Waals surface area (Å²) in [6, 6.07) is -0.930. The molecule has 0 aromatic heterocycles.